The lowest BCUT2D eigenvalue weighted by molar-refractivity contribution is -0.972. The second-order valence-corrected chi connectivity index (χ2v) is 8.27. The molecule has 0 radical (unpaired) electrons. The van der Waals surface area contributed by atoms with Gasteiger partial charge in [0.2, 0.25) is 5.91 Å². The number of aldehydes is 1. The normalized spacial score (nSPS) is 20.2. The summed E-state index contributed by atoms with van der Waals surface area (Å²) in [5.41, 5.74) is 4.15. The Balaban J connectivity index is 1.64. The molecule has 1 N–H and O–H groups in total. The fourth-order valence-corrected chi connectivity index (χ4v) is 4.70. The number of hydrogen-bond donors (Lipinski definition) is 1. The molecule has 170 valence electrons. The summed E-state index contributed by atoms with van der Waals surface area (Å²) < 4.78 is 39.6. The molecule has 6 nitrogen and oxygen atoms in total. The fraction of sp³-hybridized carbons (Fsp3) is 0.391. The first-order chi connectivity index (χ1) is 15.3. The molecule has 2 aromatic carbocycles. The van der Waals surface area contributed by atoms with Crippen LogP contribution in [-0.4, -0.2) is 54.3 Å². The zero-order valence-electron chi connectivity index (χ0n) is 17.5. The van der Waals surface area contributed by atoms with Crippen molar-refractivity contribution in [2.24, 2.45) is 0 Å². The van der Waals surface area contributed by atoms with Crippen LogP contribution in [-0.2, 0) is 22.3 Å². The van der Waals surface area contributed by atoms with Gasteiger partial charge in [-0.1, -0.05) is 24.3 Å². The van der Waals surface area contributed by atoms with Crippen LogP contribution >= 0.6 is 0 Å². The van der Waals surface area contributed by atoms with Gasteiger partial charge < -0.3 is 19.0 Å². The van der Waals surface area contributed by atoms with E-state index in [0.29, 0.717) is 50.0 Å². The molecule has 2 aliphatic rings. The summed E-state index contributed by atoms with van der Waals surface area (Å²) >= 11 is 0. The number of amides is 1. The Hall–Kier alpha value is -2.91. The molecule has 1 fully saturated rings. The average molecular weight is 448 g/mol. The van der Waals surface area contributed by atoms with Crippen LogP contribution in [0.15, 0.2) is 48.5 Å². The third-order valence-corrected chi connectivity index (χ3v) is 6.42. The molecule has 1 unspecified atom stereocenters. The summed E-state index contributed by atoms with van der Waals surface area (Å²) in [5, 5.41) is 0. The molecule has 9 heteroatoms. The first kappa shape index (κ1) is 22.3. The van der Waals surface area contributed by atoms with Gasteiger partial charge >= 0.3 is 6.18 Å². The number of carbonyl (C=O) groups excluding carboxylic acids is 2. The summed E-state index contributed by atoms with van der Waals surface area (Å²) in [4.78, 5) is 30.3. The largest absolute Gasteiger partial charge is 0.416 e. The Labute approximate surface area is 184 Å². The van der Waals surface area contributed by atoms with Gasteiger partial charge in [0.15, 0.2) is 5.75 Å². The minimum absolute atomic E-state index is 0.00515. The molecule has 2 aromatic rings. The number of hydroxylamine groups is 1. The highest BCUT2D eigenvalue weighted by atomic mass is 19.4. The van der Waals surface area contributed by atoms with E-state index < -0.39 is 11.7 Å². The second kappa shape index (κ2) is 8.91. The van der Waals surface area contributed by atoms with E-state index in [1.54, 1.807) is 4.90 Å². The summed E-state index contributed by atoms with van der Waals surface area (Å²) in [6.07, 6.45) is -3.90. The highest BCUT2D eigenvalue weighted by Crippen LogP contribution is 2.39. The number of alkyl halides is 3. The fourth-order valence-electron chi connectivity index (χ4n) is 4.70. The minimum Gasteiger partial charge on any atom is -0.408 e. The standard InChI is InChI=1S/C23H25F3N3O3/c24-23(25,26)18-7-5-17(6-8-18)16-29(12-10-28(11-13-29)22(31)9-14-30)20-15-27-32-21-4-2-1-3-19(20)21/h1-8,14,20,27H,9-13,15-16H2/q+1. The van der Waals surface area contributed by atoms with Crippen LogP contribution in [0.1, 0.15) is 29.2 Å². The molecule has 32 heavy (non-hydrogen) atoms. The van der Waals surface area contributed by atoms with Crippen LogP contribution in [0.5, 0.6) is 5.75 Å². The molecule has 0 aromatic heterocycles. The molecule has 4 rings (SSSR count). The monoisotopic (exact) mass is 448 g/mol. The van der Waals surface area contributed by atoms with Crippen molar-refractivity contribution < 1.29 is 32.1 Å². The smallest absolute Gasteiger partial charge is 0.408 e. The van der Waals surface area contributed by atoms with Gasteiger partial charge in [0.05, 0.1) is 50.3 Å². The topological polar surface area (TPSA) is 58.6 Å². The number of benzene rings is 2. The number of quaternary nitrogens is 1. The third-order valence-electron chi connectivity index (χ3n) is 6.42. The summed E-state index contributed by atoms with van der Waals surface area (Å²) in [6, 6.07) is 13.0. The molecule has 1 saturated heterocycles. The lowest BCUT2D eigenvalue weighted by Crippen LogP contribution is -2.63. The number of nitrogens with one attached hydrogen (secondary N) is 1. The highest BCUT2D eigenvalue weighted by molar-refractivity contribution is 5.88. The van der Waals surface area contributed by atoms with E-state index >= 15 is 0 Å². The van der Waals surface area contributed by atoms with Crippen molar-refractivity contribution in [1.82, 2.24) is 10.4 Å². The average Bonchev–Trinajstić information content (AvgIpc) is 2.79. The first-order valence-electron chi connectivity index (χ1n) is 10.5. The van der Waals surface area contributed by atoms with Crippen molar-refractivity contribution in [2.75, 3.05) is 32.7 Å². The van der Waals surface area contributed by atoms with Crippen LogP contribution < -0.4 is 10.3 Å². The predicted octanol–water partition coefficient (Wildman–Crippen LogP) is 3.09. The van der Waals surface area contributed by atoms with Crippen molar-refractivity contribution in [2.45, 2.75) is 25.2 Å². The maximum Gasteiger partial charge on any atom is 0.416 e. The van der Waals surface area contributed by atoms with E-state index in [9.17, 15) is 22.8 Å². The molecule has 0 aliphatic carbocycles. The van der Waals surface area contributed by atoms with E-state index in [0.717, 1.165) is 29.0 Å². The molecule has 1 amide bonds. The van der Waals surface area contributed by atoms with E-state index in [2.05, 4.69) is 5.48 Å². The number of piperazine rings is 1. The quantitative estimate of drug-likeness (QED) is 0.434. The first-order valence-corrected chi connectivity index (χ1v) is 10.5. The van der Waals surface area contributed by atoms with Gasteiger partial charge in [-0.3, -0.25) is 4.79 Å². The number of fused-ring (bicyclic) bond motifs is 1. The van der Waals surface area contributed by atoms with Crippen molar-refractivity contribution in [3.8, 4) is 5.75 Å². The summed E-state index contributed by atoms with van der Waals surface area (Å²) in [7, 11) is 0. The van der Waals surface area contributed by atoms with Gasteiger partial charge in [-0.25, -0.2) is 0 Å². The van der Waals surface area contributed by atoms with Gasteiger partial charge in [0, 0.05) is 5.56 Å². The van der Waals surface area contributed by atoms with E-state index in [1.807, 2.05) is 24.3 Å². The Kier molecular flexibility index (Phi) is 6.21. The number of carbonyl (C=O) groups is 2. The third kappa shape index (κ3) is 4.49. The Morgan fingerprint density at radius 2 is 1.81 bits per heavy atom. The molecule has 0 spiro atoms. The molecule has 1 atom stereocenters. The molecule has 2 aliphatic heterocycles. The Morgan fingerprint density at radius 3 is 2.47 bits per heavy atom. The zero-order chi connectivity index (χ0) is 22.8. The summed E-state index contributed by atoms with van der Waals surface area (Å²) in [5.74, 6) is 0.533. The molecule has 0 bridgehead atoms. The van der Waals surface area contributed by atoms with Crippen LogP contribution in [0.2, 0.25) is 0 Å². The van der Waals surface area contributed by atoms with Crippen LogP contribution in [0.25, 0.3) is 0 Å². The maximum absolute atomic E-state index is 13.0. The number of hydrogen-bond acceptors (Lipinski definition) is 4. The van der Waals surface area contributed by atoms with Crippen molar-refractivity contribution in [3.05, 3.63) is 65.2 Å². The number of halogens is 3. The predicted molar refractivity (Wildman–Crippen MR) is 110 cm³/mol. The molecule has 0 saturated carbocycles. The van der Waals surface area contributed by atoms with Gasteiger partial charge in [0.1, 0.15) is 18.9 Å². The molecule has 2 heterocycles. The molecular weight excluding hydrogens is 423 g/mol. The van der Waals surface area contributed by atoms with Gasteiger partial charge in [-0.2, -0.15) is 18.7 Å². The van der Waals surface area contributed by atoms with Crippen molar-refractivity contribution >= 4 is 12.2 Å². The number of rotatable bonds is 5. The highest BCUT2D eigenvalue weighted by Gasteiger charge is 2.44. The van der Waals surface area contributed by atoms with Crippen molar-refractivity contribution in [1.29, 1.82) is 0 Å². The lowest BCUT2D eigenvalue weighted by Gasteiger charge is -2.50. The Bertz CT molecular complexity index is 970. The van der Waals surface area contributed by atoms with Crippen LogP contribution in [0.3, 0.4) is 0 Å². The summed E-state index contributed by atoms with van der Waals surface area (Å²) in [6.45, 7) is 3.26. The van der Waals surface area contributed by atoms with Gasteiger partial charge in [0.25, 0.3) is 0 Å². The SMILES string of the molecule is O=CCC(=O)N1CC[N+](Cc2ccc(C(F)(F)F)cc2)(C2CNOc3ccccc32)CC1. The minimum atomic E-state index is -4.38. The zero-order valence-corrected chi connectivity index (χ0v) is 17.5. The number of para-hydroxylation sites is 1. The van der Waals surface area contributed by atoms with Crippen LogP contribution in [0.4, 0.5) is 13.2 Å². The van der Waals surface area contributed by atoms with E-state index in [1.165, 1.54) is 12.1 Å². The van der Waals surface area contributed by atoms with Gasteiger partial charge in [-0.15, -0.1) is 0 Å². The lowest BCUT2D eigenvalue weighted by atomic mass is 9.97. The van der Waals surface area contributed by atoms with E-state index in [-0.39, 0.29) is 18.4 Å². The maximum atomic E-state index is 13.0. The van der Waals surface area contributed by atoms with E-state index in [4.69, 9.17) is 4.84 Å². The van der Waals surface area contributed by atoms with Crippen LogP contribution in [0, 0.1) is 0 Å². The Morgan fingerprint density at radius 1 is 1.12 bits per heavy atom. The van der Waals surface area contributed by atoms with Crippen molar-refractivity contribution in [3.63, 3.8) is 0 Å². The number of nitrogens with zero attached hydrogens (tertiary/aromatic N) is 2. The molecular formula is C23H25F3N3O3+. The van der Waals surface area contributed by atoms with Gasteiger partial charge in [-0.05, 0) is 24.3 Å². The second-order valence-electron chi connectivity index (χ2n) is 8.27.